The Hall–Kier alpha value is -0.710. The summed E-state index contributed by atoms with van der Waals surface area (Å²) in [5, 5.41) is 3.18. The summed E-state index contributed by atoms with van der Waals surface area (Å²) in [5.74, 6) is 0.936. The lowest BCUT2D eigenvalue weighted by Gasteiger charge is -2.22. The van der Waals surface area contributed by atoms with Gasteiger partial charge in [-0.2, -0.15) is 0 Å². The Morgan fingerprint density at radius 1 is 1.56 bits per heavy atom. The zero-order valence-corrected chi connectivity index (χ0v) is 10.5. The third-order valence-electron chi connectivity index (χ3n) is 2.37. The van der Waals surface area contributed by atoms with E-state index in [-0.39, 0.29) is 17.3 Å². The van der Waals surface area contributed by atoms with Crippen LogP contribution in [0.15, 0.2) is 0 Å². The average Bonchev–Trinajstić information content (AvgIpc) is 2.25. The predicted molar refractivity (Wildman–Crippen MR) is 64.1 cm³/mol. The van der Waals surface area contributed by atoms with Crippen LogP contribution >= 0.6 is 11.8 Å². The summed E-state index contributed by atoms with van der Waals surface area (Å²) in [5.41, 5.74) is 0. The van der Waals surface area contributed by atoms with Crippen molar-refractivity contribution < 1.29 is 14.3 Å². The summed E-state index contributed by atoms with van der Waals surface area (Å²) >= 11 is 1.79. The predicted octanol–water partition coefficient (Wildman–Crippen LogP) is 1.69. The van der Waals surface area contributed by atoms with Gasteiger partial charge in [-0.1, -0.05) is 0 Å². The standard InChI is InChI=1S/C11H19NO3S/c1-2-15-11(14)6-4-3-5-10-12-9(13)7-8-16-10/h10H,2-8H2,1H3,(H,12,13). The first-order valence-corrected chi connectivity index (χ1v) is 6.84. The summed E-state index contributed by atoms with van der Waals surface area (Å²) in [6, 6.07) is 0. The summed E-state index contributed by atoms with van der Waals surface area (Å²) in [6.45, 7) is 2.26. The van der Waals surface area contributed by atoms with E-state index in [1.165, 1.54) is 0 Å². The van der Waals surface area contributed by atoms with Crippen LogP contribution in [0.4, 0.5) is 0 Å². The molecule has 0 aromatic rings. The first-order valence-electron chi connectivity index (χ1n) is 5.79. The molecule has 0 aromatic carbocycles. The molecule has 1 saturated heterocycles. The molecule has 0 bridgehead atoms. The Kier molecular flexibility index (Phi) is 6.30. The molecule has 1 atom stereocenters. The van der Waals surface area contributed by atoms with Gasteiger partial charge in [0, 0.05) is 18.6 Å². The van der Waals surface area contributed by atoms with Crippen LogP contribution in [0.2, 0.25) is 0 Å². The molecule has 4 nitrogen and oxygen atoms in total. The van der Waals surface area contributed by atoms with Gasteiger partial charge >= 0.3 is 5.97 Å². The van der Waals surface area contributed by atoms with Crippen LogP contribution in [0.1, 0.15) is 39.0 Å². The molecule has 1 unspecified atom stereocenters. The zero-order chi connectivity index (χ0) is 11.8. The van der Waals surface area contributed by atoms with Gasteiger partial charge in [-0.3, -0.25) is 9.59 Å². The van der Waals surface area contributed by atoms with Crippen LogP contribution in [0.5, 0.6) is 0 Å². The second-order valence-electron chi connectivity index (χ2n) is 3.73. The summed E-state index contributed by atoms with van der Waals surface area (Å²) < 4.78 is 4.84. The van der Waals surface area contributed by atoms with Gasteiger partial charge in [-0.05, 0) is 26.2 Å². The topological polar surface area (TPSA) is 55.4 Å². The minimum atomic E-state index is -0.122. The molecule has 1 N–H and O–H groups in total. The summed E-state index contributed by atoms with van der Waals surface area (Å²) in [6.07, 6.45) is 3.85. The molecule has 1 fully saturated rings. The third kappa shape index (κ3) is 5.39. The molecule has 0 aromatic heterocycles. The van der Waals surface area contributed by atoms with Crippen LogP contribution in [-0.2, 0) is 14.3 Å². The van der Waals surface area contributed by atoms with Crippen LogP contribution in [0.3, 0.4) is 0 Å². The number of esters is 1. The first kappa shape index (κ1) is 13.4. The lowest BCUT2D eigenvalue weighted by molar-refractivity contribution is -0.143. The van der Waals surface area contributed by atoms with Gasteiger partial charge < -0.3 is 10.1 Å². The minimum Gasteiger partial charge on any atom is -0.466 e. The third-order valence-corrected chi connectivity index (χ3v) is 3.57. The van der Waals surface area contributed by atoms with Crippen LogP contribution in [0, 0.1) is 0 Å². The fourth-order valence-electron chi connectivity index (χ4n) is 1.58. The molecular weight excluding hydrogens is 226 g/mol. The smallest absolute Gasteiger partial charge is 0.305 e. The Morgan fingerprint density at radius 2 is 2.38 bits per heavy atom. The van der Waals surface area contributed by atoms with Gasteiger partial charge in [0.1, 0.15) is 0 Å². The molecule has 1 aliphatic rings. The second-order valence-corrected chi connectivity index (χ2v) is 5.04. The van der Waals surface area contributed by atoms with Gasteiger partial charge in [0.15, 0.2) is 0 Å². The molecule has 1 amide bonds. The fraction of sp³-hybridized carbons (Fsp3) is 0.818. The van der Waals surface area contributed by atoms with E-state index in [1.54, 1.807) is 11.8 Å². The highest BCUT2D eigenvalue weighted by atomic mass is 32.2. The average molecular weight is 245 g/mol. The monoisotopic (exact) mass is 245 g/mol. The molecule has 0 aliphatic carbocycles. The Labute approximate surface area is 100 Å². The molecule has 1 aliphatic heterocycles. The first-order chi connectivity index (χ1) is 7.72. The molecular formula is C11H19NO3S. The number of ether oxygens (including phenoxy) is 1. The van der Waals surface area contributed by atoms with E-state index < -0.39 is 0 Å². The van der Waals surface area contributed by atoms with Crippen molar-refractivity contribution in [1.82, 2.24) is 5.32 Å². The van der Waals surface area contributed by atoms with Crippen molar-refractivity contribution in [2.75, 3.05) is 12.4 Å². The number of unbranched alkanes of at least 4 members (excludes halogenated alkanes) is 1. The van der Waals surface area contributed by atoms with Crippen molar-refractivity contribution in [2.24, 2.45) is 0 Å². The van der Waals surface area contributed by atoms with Crippen molar-refractivity contribution >= 4 is 23.6 Å². The van der Waals surface area contributed by atoms with Crippen molar-refractivity contribution in [3.05, 3.63) is 0 Å². The highest BCUT2D eigenvalue weighted by Gasteiger charge is 2.17. The second kappa shape index (κ2) is 7.54. The normalized spacial score (nSPS) is 20.3. The minimum absolute atomic E-state index is 0.122. The van der Waals surface area contributed by atoms with Crippen LogP contribution in [0.25, 0.3) is 0 Å². The Bertz CT molecular complexity index is 245. The number of hydrogen-bond donors (Lipinski definition) is 1. The van der Waals surface area contributed by atoms with E-state index in [4.69, 9.17) is 4.74 Å². The maximum absolute atomic E-state index is 11.1. The van der Waals surface area contributed by atoms with Crippen LogP contribution < -0.4 is 5.32 Å². The SMILES string of the molecule is CCOC(=O)CCCCC1NC(=O)CCS1. The van der Waals surface area contributed by atoms with E-state index in [1.807, 2.05) is 6.92 Å². The maximum atomic E-state index is 11.1. The van der Waals surface area contributed by atoms with E-state index in [0.717, 1.165) is 25.0 Å². The van der Waals surface area contributed by atoms with Crippen molar-refractivity contribution in [1.29, 1.82) is 0 Å². The quantitative estimate of drug-likeness (QED) is 0.571. The van der Waals surface area contributed by atoms with Crippen molar-refractivity contribution in [2.45, 2.75) is 44.4 Å². The molecule has 5 heteroatoms. The largest absolute Gasteiger partial charge is 0.466 e. The Balaban J connectivity index is 2.02. The molecule has 0 spiro atoms. The van der Waals surface area contributed by atoms with E-state index in [9.17, 15) is 9.59 Å². The van der Waals surface area contributed by atoms with Crippen molar-refractivity contribution in [3.8, 4) is 0 Å². The number of carbonyl (C=O) groups excluding carboxylic acids is 2. The van der Waals surface area contributed by atoms with Crippen molar-refractivity contribution in [3.63, 3.8) is 0 Å². The highest BCUT2D eigenvalue weighted by Crippen LogP contribution is 2.20. The van der Waals surface area contributed by atoms with E-state index in [2.05, 4.69) is 5.32 Å². The molecule has 1 heterocycles. The Morgan fingerprint density at radius 3 is 3.06 bits per heavy atom. The number of thioether (sulfide) groups is 1. The van der Waals surface area contributed by atoms with Gasteiger partial charge in [-0.15, -0.1) is 11.8 Å². The van der Waals surface area contributed by atoms with Crippen LogP contribution in [-0.4, -0.2) is 29.6 Å². The lowest BCUT2D eigenvalue weighted by atomic mass is 10.2. The number of rotatable bonds is 6. The zero-order valence-electron chi connectivity index (χ0n) is 9.66. The van der Waals surface area contributed by atoms with E-state index >= 15 is 0 Å². The number of hydrogen-bond acceptors (Lipinski definition) is 4. The van der Waals surface area contributed by atoms with Gasteiger partial charge in [-0.25, -0.2) is 0 Å². The molecule has 0 saturated carbocycles. The summed E-state index contributed by atoms with van der Waals surface area (Å²) in [7, 11) is 0. The fourth-order valence-corrected chi connectivity index (χ4v) is 2.71. The molecule has 1 rings (SSSR count). The number of carbonyl (C=O) groups is 2. The maximum Gasteiger partial charge on any atom is 0.305 e. The van der Waals surface area contributed by atoms with E-state index in [0.29, 0.717) is 19.4 Å². The highest BCUT2D eigenvalue weighted by molar-refractivity contribution is 8.00. The lowest BCUT2D eigenvalue weighted by Crippen LogP contribution is -2.36. The molecule has 0 radical (unpaired) electrons. The molecule has 92 valence electrons. The van der Waals surface area contributed by atoms with Gasteiger partial charge in [0.05, 0.1) is 12.0 Å². The number of amides is 1. The van der Waals surface area contributed by atoms with Gasteiger partial charge in [0.2, 0.25) is 5.91 Å². The molecule has 16 heavy (non-hydrogen) atoms. The van der Waals surface area contributed by atoms with Gasteiger partial charge in [0.25, 0.3) is 0 Å². The summed E-state index contributed by atoms with van der Waals surface area (Å²) in [4.78, 5) is 22.2. The number of nitrogens with one attached hydrogen (secondary N) is 1.